The van der Waals surface area contributed by atoms with E-state index < -0.39 is 36.3 Å². The van der Waals surface area contributed by atoms with Crippen molar-refractivity contribution in [2.75, 3.05) is 0 Å². The Morgan fingerprint density at radius 3 is 2.41 bits per heavy atom. The quantitative estimate of drug-likeness (QED) is 0.152. The minimum atomic E-state index is -1.59. The number of fused-ring (bicyclic) bond motifs is 1. The molecule has 1 amide bonds. The van der Waals surface area contributed by atoms with Gasteiger partial charge in [-0.25, -0.2) is 24.1 Å². The highest BCUT2D eigenvalue weighted by Crippen LogP contribution is 2.21. The molecule has 7 N–H and O–H groups in total. The minimum Gasteiger partial charge on any atom is -0.481 e. The Morgan fingerprint density at radius 1 is 1.09 bits per heavy atom. The summed E-state index contributed by atoms with van der Waals surface area (Å²) in [6.07, 6.45) is 0.0773. The van der Waals surface area contributed by atoms with Crippen LogP contribution in [0.25, 0.3) is 5.65 Å². The molecule has 14 nitrogen and oxygen atoms in total. The van der Waals surface area contributed by atoms with Crippen molar-refractivity contribution in [1.82, 2.24) is 19.9 Å². The number of ether oxygens (including phenoxy) is 1. The number of rotatable bonds is 9. The number of carbonyl (C=O) groups is 4. The molecule has 2 heterocycles. The number of nitrogens with one attached hydrogen (secondary N) is 1. The molecule has 14 heteroatoms. The maximum absolute atomic E-state index is 12.5. The lowest BCUT2D eigenvalue weighted by molar-refractivity contribution is -0.147. The number of carboxylic acid groups (broad SMARTS) is 2. The van der Waals surface area contributed by atoms with Crippen molar-refractivity contribution >= 4 is 41.1 Å². The number of aromatic nitrogens is 3. The van der Waals surface area contributed by atoms with Crippen LogP contribution in [0.3, 0.4) is 0 Å². The predicted molar refractivity (Wildman–Crippen MR) is 115 cm³/mol. The predicted octanol–water partition coefficient (Wildman–Crippen LogP) is -0.560. The van der Waals surface area contributed by atoms with E-state index in [-0.39, 0.29) is 29.3 Å². The van der Waals surface area contributed by atoms with Gasteiger partial charge in [-0.05, 0) is 36.4 Å². The Morgan fingerprint density at radius 2 is 1.79 bits per heavy atom. The molecule has 34 heavy (non-hydrogen) atoms. The summed E-state index contributed by atoms with van der Waals surface area (Å²) < 4.78 is 6.65. The molecule has 1 atom stereocenters. The molecule has 0 saturated carbocycles. The number of nitrogens with zero attached hydrogens (tertiary/aromatic N) is 4. The molecule has 0 aliphatic carbocycles. The Balaban J connectivity index is 1.75. The van der Waals surface area contributed by atoms with E-state index in [2.05, 4.69) is 20.4 Å². The number of pyridine rings is 1. The van der Waals surface area contributed by atoms with Crippen LogP contribution in [0.5, 0.6) is 5.75 Å². The molecule has 3 aromatic rings. The number of carbonyl (C=O) groups excluding carboxylic acids is 2. The lowest BCUT2D eigenvalue weighted by Crippen LogP contribution is -2.43. The number of carboxylic acids is 2. The van der Waals surface area contributed by atoms with Crippen LogP contribution in [0.2, 0.25) is 0 Å². The summed E-state index contributed by atoms with van der Waals surface area (Å²) in [5.74, 6) is -4.34. The van der Waals surface area contributed by atoms with Gasteiger partial charge in [-0.2, -0.15) is 5.10 Å². The fraction of sp³-hybridized carbons (Fsp3) is 0.150. The third-order valence-corrected chi connectivity index (χ3v) is 4.38. The summed E-state index contributed by atoms with van der Waals surface area (Å²) in [5, 5.41) is 24.0. The first-order valence-corrected chi connectivity index (χ1v) is 9.61. The highest BCUT2D eigenvalue weighted by atomic mass is 16.5. The van der Waals surface area contributed by atoms with Gasteiger partial charge in [0.2, 0.25) is 5.91 Å². The number of aliphatic imine (C=N–C) groups is 1. The standard InChI is InChI=1S/C20H19N7O7/c21-20(22)25-11-3-1-10(2-4-11)19(33)34-14-6-5-12(27-17(14)23-9-24-27)7-15(28)26-13(18(31)32)8-16(29)30/h1-6,9,13H,7-8H2,(H,26,28)(H,29,30)(H,31,32)(H4,21,22,25). The zero-order valence-corrected chi connectivity index (χ0v) is 17.4. The fourth-order valence-corrected chi connectivity index (χ4v) is 2.91. The first-order valence-electron chi connectivity index (χ1n) is 9.61. The lowest BCUT2D eigenvalue weighted by atomic mass is 10.2. The summed E-state index contributed by atoms with van der Waals surface area (Å²) in [6, 6.07) is 7.26. The van der Waals surface area contributed by atoms with Gasteiger partial charge in [0.25, 0.3) is 0 Å². The van der Waals surface area contributed by atoms with Gasteiger partial charge < -0.3 is 31.7 Å². The Labute approximate surface area is 190 Å². The Hall–Kier alpha value is -5.01. The van der Waals surface area contributed by atoms with E-state index in [1.807, 2.05) is 0 Å². The number of esters is 1. The van der Waals surface area contributed by atoms with Crippen LogP contribution in [0.15, 0.2) is 47.7 Å². The molecule has 3 rings (SSSR count). The van der Waals surface area contributed by atoms with Crippen molar-refractivity contribution in [3.63, 3.8) is 0 Å². The van der Waals surface area contributed by atoms with Crippen LogP contribution in [0.1, 0.15) is 22.5 Å². The summed E-state index contributed by atoms with van der Waals surface area (Å²) in [5.41, 5.74) is 11.7. The topological polar surface area (TPSA) is 225 Å². The van der Waals surface area contributed by atoms with Crippen LogP contribution in [-0.4, -0.2) is 60.6 Å². The van der Waals surface area contributed by atoms with E-state index in [4.69, 9.17) is 26.4 Å². The van der Waals surface area contributed by atoms with Crippen molar-refractivity contribution in [2.45, 2.75) is 18.9 Å². The van der Waals surface area contributed by atoms with Crippen molar-refractivity contribution in [3.8, 4) is 5.75 Å². The zero-order valence-electron chi connectivity index (χ0n) is 17.4. The molecule has 0 radical (unpaired) electrons. The highest BCUT2D eigenvalue weighted by molar-refractivity contribution is 5.92. The van der Waals surface area contributed by atoms with E-state index in [0.29, 0.717) is 11.4 Å². The summed E-state index contributed by atoms with van der Waals surface area (Å²) in [4.78, 5) is 54.6. The maximum Gasteiger partial charge on any atom is 0.343 e. The molecule has 0 bridgehead atoms. The fourth-order valence-electron chi connectivity index (χ4n) is 2.91. The second-order valence-electron chi connectivity index (χ2n) is 6.89. The molecular formula is C20H19N7O7. The normalized spacial score (nSPS) is 11.4. The van der Waals surface area contributed by atoms with Crippen LogP contribution in [0, 0.1) is 0 Å². The number of hydrogen-bond acceptors (Lipinski definition) is 8. The lowest BCUT2D eigenvalue weighted by Gasteiger charge is -2.13. The third kappa shape index (κ3) is 5.82. The van der Waals surface area contributed by atoms with Crippen molar-refractivity contribution < 1.29 is 34.1 Å². The second kappa shape index (κ2) is 10.1. The van der Waals surface area contributed by atoms with Gasteiger partial charge in [0, 0.05) is 0 Å². The molecule has 0 fully saturated rings. The van der Waals surface area contributed by atoms with Crippen LogP contribution >= 0.6 is 0 Å². The molecule has 0 saturated heterocycles. The van der Waals surface area contributed by atoms with E-state index in [0.717, 1.165) is 0 Å². The van der Waals surface area contributed by atoms with Crippen molar-refractivity contribution in [3.05, 3.63) is 54.0 Å². The Kier molecular flexibility index (Phi) is 7.01. The van der Waals surface area contributed by atoms with Gasteiger partial charge in [0.1, 0.15) is 12.4 Å². The molecule has 176 valence electrons. The number of benzene rings is 1. The Bertz CT molecular complexity index is 1280. The van der Waals surface area contributed by atoms with Crippen LogP contribution in [0.4, 0.5) is 5.69 Å². The maximum atomic E-state index is 12.5. The van der Waals surface area contributed by atoms with E-state index >= 15 is 0 Å². The van der Waals surface area contributed by atoms with E-state index in [1.165, 1.54) is 47.2 Å². The smallest absolute Gasteiger partial charge is 0.343 e. The zero-order chi connectivity index (χ0) is 24.8. The van der Waals surface area contributed by atoms with Crippen molar-refractivity contribution in [1.29, 1.82) is 0 Å². The van der Waals surface area contributed by atoms with Gasteiger partial charge in [0.05, 0.1) is 29.8 Å². The van der Waals surface area contributed by atoms with Crippen molar-refractivity contribution in [2.24, 2.45) is 16.5 Å². The monoisotopic (exact) mass is 469 g/mol. The van der Waals surface area contributed by atoms with E-state index in [9.17, 15) is 19.2 Å². The van der Waals surface area contributed by atoms with Gasteiger partial charge in [-0.1, -0.05) is 0 Å². The first kappa shape index (κ1) is 23.6. The highest BCUT2D eigenvalue weighted by Gasteiger charge is 2.24. The molecule has 0 spiro atoms. The number of aliphatic carboxylic acids is 2. The van der Waals surface area contributed by atoms with Gasteiger partial charge in [0.15, 0.2) is 17.4 Å². The average molecular weight is 469 g/mol. The van der Waals surface area contributed by atoms with Gasteiger partial charge >= 0.3 is 17.9 Å². The van der Waals surface area contributed by atoms with Gasteiger partial charge in [-0.15, -0.1) is 0 Å². The second-order valence-corrected chi connectivity index (χ2v) is 6.89. The number of hydrogen-bond donors (Lipinski definition) is 5. The number of nitrogens with two attached hydrogens (primary N) is 2. The molecule has 1 unspecified atom stereocenters. The first-order chi connectivity index (χ1) is 16.1. The SMILES string of the molecule is NC(N)=Nc1ccc(C(=O)Oc2ccc(CC(=O)NC(CC(=O)O)C(=O)O)n3ncnc23)cc1. The summed E-state index contributed by atoms with van der Waals surface area (Å²) in [6.45, 7) is 0. The number of guanidine groups is 1. The molecule has 2 aromatic heterocycles. The molecule has 0 aliphatic rings. The van der Waals surface area contributed by atoms with Crippen LogP contribution < -0.4 is 21.5 Å². The van der Waals surface area contributed by atoms with E-state index in [1.54, 1.807) is 0 Å². The van der Waals surface area contributed by atoms with Crippen LogP contribution in [-0.2, 0) is 20.8 Å². The summed E-state index contributed by atoms with van der Waals surface area (Å²) in [7, 11) is 0. The molecular weight excluding hydrogens is 450 g/mol. The largest absolute Gasteiger partial charge is 0.481 e. The summed E-state index contributed by atoms with van der Waals surface area (Å²) >= 11 is 0. The third-order valence-electron chi connectivity index (χ3n) is 4.38. The minimum absolute atomic E-state index is 0.0641. The number of amides is 1. The average Bonchev–Trinajstić information content (AvgIpc) is 3.25. The van der Waals surface area contributed by atoms with Gasteiger partial charge in [-0.3, -0.25) is 9.59 Å². The molecule has 0 aliphatic heterocycles. The molecule has 1 aromatic carbocycles.